The predicted octanol–water partition coefficient (Wildman–Crippen LogP) is 3.60. The average molecular weight is 241 g/mol. The number of carbonyl (C=O) groups is 2. The molecule has 0 aromatic carbocycles. The highest BCUT2D eigenvalue weighted by Crippen LogP contribution is 2.01. The summed E-state index contributed by atoms with van der Waals surface area (Å²) >= 11 is 10.1. The Kier molecular flexibility index (Phi) is 11.1. The van der Waals surface area contributed by atoms with Gasteiger partial charge in [-0.05, 0) is 35.0 Å². The molecule has 0 unspecified atom stereocenters. The number of hydrogen-bond acceptors (Lipinski definition) is 2. The molecule has 0 amide bonds. The van der Waals surface area contributed by atoms with Crippen LogP contribution in [0.15, 0.2) is 0 Å². The van der Waals surface area contributed by atoms with Crippen molar-refractivity contribution in [2.45, 2.75) is 40.5 Å². The fourth-order valence-electron chi connectivity index (χ4n) is 0.642. The van der Waals surface area contributed by atoms with Crippen LogP contribution in [-0.2, 0) is 9.59 Å². The molecule has 0 aliphatic rings. The van der Waals surface area contributed by atoms with Crippen LogP contribution in [0.4, 0.5) is 0 Å². The van der Waals surface area contributed by atoms with E-state index in [-0.39, 0.29) is 10.5 Å². The van der Waals surface area contributed by atoms with Crippen molar-refractivity contribution < 1.29 is 9.59 Å². The van der Waals surface area contributed by atoms with E-state index in [2.05, 4.69) is 0 Å². The molecule has 0 atom stereocenters. The lowest BCUT2D eigenvalue weighted by Gasteiger charge is -1.93. The largest absolute Gasteiger partial charge is 0.281 e. The second kappa shape index (κ2) is 9.47. The van der Waals surface area contributed by atoms with Crippen LogP contribution in [0.25, 0.3) is 0 Å². The standard InChI is InChI=1S/2C5H9ClO/c2*1-4(2)3-5(6)7/h2*4H,3H2,1-2H3. The van der Waals surface area contributed by atoms with Gasteiger partial charge in [-0.2, -0.15) is 0 Å². The molecule has 0 spiro atoms. The molecule has 0 fully saturated rings. The maximum atomic E-state index is 10.0. The quantitative estimate of drug-likeness (QED) is 0.704. The molecular weight excluding hydrogens is 223 g/mol. The van der Waals surface area contributed by atoms with E-state index in [9.17, 15) is 9.59 Å². The van der Waals surface area contributed by atoms with Crippen LogP contribution in [-0.4, -0.2) is 10.5 Å². The Hall–Kier alpha value is -0.0800. The Morgan fingerprint density at radius 2 is 1.07 bits per heavy atom. The molecule has 0 aromatic heterocycles. The third-order valence-electron chi connectivity index (χ3n) is 1.14. The molecule has 14 heavy (non-hydrogen) atoms. The molecule has 0 heterocycles. The van der Waals surface area contributed by atoms with Crippen molar-refractivity contribution in [3.8, 4) is 0 Å². The van der Waals surface area contributed by atoms with Crippen LogP contribution >= 0.6 is 23.2 Å². The summed E-state index contributed by atoms with van der Waals surface area (Å²) in [4.78, 5) is 20.0. The van der Waals surface area contributed by atoms with E-state index in [0.29, 0.717) is 24.7 Å². The Morgan fingerprint density at radius 1 is 0.857 bits per heavy atom. The molecule has 4 heteroatoms. The first-order valence-electron chi connectivity index (χ1n) is 4.62. The lowest BCUT2D eigenvalue weighted by Crippen LogP contribution is -1.92. The number of carbonyl (C=O) groups excluding carboxylic acids is 2. The number of halogens is 2. The molecule has 0 radical (unpaired) electrons. The van der Waals surface area contributed by atoms with Crippen LogP contribution in [0.2, 0.25) is 0 Å². The zero-order chi connectivity index (χ0) is 11.7. The second-order valence-corrected chi connectivity index (χ2v) is 4.75. The van der Waals surface area contributed by atoms with Gasteiger partial charge in [-0.1, -0.05) is 27.7 Å². The van der Waals surface area contributed by atoms with E-state index in [1.54, 1.807) is 0 Å². The molecule has 0 bridgehead atoms. The highest BCUT2D eigenvalue weighted by atomic mass is 35.5. The minimum absolute atomic E-state index is 0.241. The van der Waals surface area contributed by atoms with Gasteiger partial charge in [-0.15, -0.1) is 0 Å². The average Bonchev–Trinajstić information content (AvgIpc) is 1.79. The van der Waals surface area contributed by atoms with E-state index < -0.39 is 0 Å². The molecule has 0 aromatic rings. The van der Waals surface area contributed by atoms with Gasteiger partial charge in [-0.25, -0.2) is 0 Å². The van der Waals surface area contributed by atoms with Crippen molar-refractivity contribution in [1.82, 2.24) is 0 Å². The van der Waals surface area contributed by atoms with Gasteiger partial charge in [-0.3, -0.25) is 9.59 Å². The zero-order valence-electron chi connectivity index (χ0n) is 9.14. The molecule has 0 rings (SSSR count). The Balaban J connectivity index is 0. The van der Waals surface area contributed by atoms with Gasteiger partial charge < -0.3 is 0 Å². The maximum absolute atomic E-state index is 10.0. The summed E-state index contributed by atoms with van der Waals surface area (Å²) in [5.41, 5.74) is 0. The number of hydrogen-bond donors (Lipinski definition) is 0. The van der Waals surface area contributed by atoms with Crippen molar-refractivity contribution in [2.75, 3.05) is 0 Å². The minimum Gasteiger partial charge on any atom is -0.281 e. The third kappa shape index (κ3) is 22.7. The molecule has 0 aliphatic carbocycles. The van der Waals surface area contributed by atoms with Crippen molar-refractivity contribution >= 4 is 33.7 Å². The summed E-state index contributed by atoms with van der Waals surface area (Å²) < 4.78 is 0. The first kappa shape index (κ1) is 16.4. The van der Waals surface area contributed by atoms with Gasteiger partial charge in [0.1, 0.15) is 0 Å². The van der Waals surface area contributed by atoms with Crippen LogP contribution in [0.1, 0.15) is 40.5 Å². The molecule has 84 valence electrons. The second-order valence-electron chi connectivity index (χ2n) is 3.91. The summed E-state index contributed by atoms with van der Waals surface area (Å²) in [6.07, 6.45) is 0.975. The molecule has 0 saturated carbocycles. The van der Waals surface area contributed by atoms with Gasteiger partial charge in [0.15, 0.2) is 0 Å². The SMILES string of the molecule is CC(C)CC(=O)Cl.CC(C)CC(=O)Cl. The van der Waals surface area contributed by atoms with Gasteiger partial charge >= 0.3 is 0 Å². The zero-order valence-corrected chi connectivity index (χ0v) is 10.7. The third-order valence-corrected chi connectivity index (χ3v) is 1.45. The summed E-state index contributed by atoms with van der Waals surface area (Å²) in [7, 11) is 0. The van der Waals surface area contributed by atoms with Crippen LogP contribution in [0.5, 0.6) is 0 Å². The van der Waals surface area contributed by atoms with Crippen molar-refractivity contribution in [1.29, 1.82) is 0 Å². The van der Waals surface area contributed by atoms with Crippen molar-refractivity contribution in [3.63, 3.8) is 0 Å². The lowest BCUT2D eigenvalue weighted by atomic mass is 10.2. The van der Waals surface area contributed by atoms with E-state index in [1.807, 2.05) is 27.7 Å². The Morgan fingerprint density at radius 3 is 1.07 bits per heavy atom. The van der Waals surface area contributed by atoms with Gasteiger partial charge in [0.2, 0.25) is 10.5 Å². The van der Waals surface area contributed by atoms with Crippen LogP contribution in [0.3, 0.4) is 0 Å². The predicted molar refractivity (Wildman–Crippen MR) is 60.6 cm³/mol. The first-order valence-corrected chi connectivity index (χ1v) is 5.38. The smallest absolute Gasteiger partial charge is 0.221 e. The van der Waals surface area contributed by atoms with Crippen LogP contribution in [0, 0.1) is 11.8 Å². The summed E-state index contributed by atoms with van der Waals surface area (Å²) in [5.74, 6) is 0.787. The fourth-order valence-corrected chi connectivity index (χ4v) is 1.26. The van der Waals surface area contributed by atoms with Gasteiger partial charge in [0.25, 0.3) is 0 Å². The summed E-state index contributed by atoms with van der Waals surface area (Å²) in [5, 5.41) is -0.481. The molecular formula is C10H18Cl2O2. The van der Waals surface area contributed by atoms with E-state index in [1.165, 1.54) is 0 Å². The molecule has 2 nitrogen and oxygen atoms in total. The van der Waals surface area contributed by atoms with E-state index in [0.717, 1.165) is 0 Å². The van der Waals surface area contributed by atoms with Gasteiger partial charge in [0, 0.05) is 12.8 Å². The van der Waals surface area contributed by atoms with Gasteiger partial charge in [0.05, 0.1) is 0 Å². The summed E-state index contributed by atoms with van der Waals surface area (Å²) in [6, 6.07) is 0. The van der Waals surface area contributed by atoms with Crippen molar-refractivity contribution in [3.05, 3.63) is 0 Å². The molecule has 0 N–H and O–H groups in total. The van der Waals surface area contributed by atoms with E-state index >= 15 is 0 Å². The van der Waals surface area contributed by atoms with Crippen LogP contribution < -0.4 is 0 Å². The minimum atomic E-state index is -0.241. The normalized spacial score (nSPS) is 9.71. The fraction of sp³-hybridized carbons (Fsp3) is 0.800. The van der Waals surface area contributed by atoms with E-state index in [4.69, 9.17) is 23.2 Å². The monoisotopic (exact) mass is 240 g/mol. The lowest BCUT2D eigenvalue weighted by molar-refractivity contribution is -0.113. The highest BCUT2D eigenvalue weighted by molar-refractivity contribution is 6.63. The topological polar surface area (TPSA) is 34.1 Å². The number of rotatable bonds is 4. The van der Waals surface area contributed by atoms with Crippen molar-refractivity contribution in [2.24, 2.45) is 11.8 Å². The summed E-state index contributed by atoms with van der Waals surface area (Å²) in [6.45, 7) is 7.83. The molecule has 0 aliphatic heterocycles. The maximum Gasteiger partial charge on any atom is 0.221 e. The highest BCUT2D eigenvalue weighted by Gasteiger charge is 1.98. The Labute approximate surface area is 96.0 Å². The molecule has 0 saturated heterocycles. The Bertz CT molecular complexity index is 157. The first-order chi connectivity index (χ1) is 6.25.